The highest BCUT2D eigenvalue weighted by molar-refractivity contribution is 5.77. The SMILES string of the molecule is CC(NC=O)c1nc2ccccc2c(=O)[nH]1. The van der Waals surface area contributed by atoms with Gasteiger partial charge in [-0.15, -0.1) is 0 Å². The standard InChI is InChI=1S/C11H11N3O2/c1-7(12-6-15)10-13-9-5-3-2-4-8(9)11(16)14-10/h2-7H,1H3,(H,12,15)(H,13,14,16). The Kier molecular flexibility index (Phi) is 2.68. The van der Waals surface area contributed by atoms with Gasteiger partial charge in [-0.3, -0.25) is 9.59 Å². The number of para-hydroxylation sites is 1. The van der Waals surface area contributed by atoms with Crippen molar-refractivity contribution in [3.63, 3.8) is 0 Å². The van der Waals surface area contributed by atoms with Crippen LogP contribution in [0.3, 0.4) is 0 Å². The summed E-state index contributed by atoms with van der Waals surface area (Å²) in [6, 6.07) is 6.77. The molecule has 1 amide bonds. The number of amides is 1. The molecule has 0 saturated carbocycles. The van der Waals surface area contributed by atoms with Gasteiger partial charge in [-0.2, -0.15) is 0 Å². The largest absolute Gasteiger partial charge is 0.349 e. The number of aromatic amines is 1. The highest BCUT2D eigenvalue weighted by atomic mass is 16.1. The van der Waals surface area contributed by atoms with Crippen LogP contribution < -0.4 is 10.9 Å². The monoisotopic (exact) mass is 217 g/mol. The zero-order valence-corrected chi connectivity index (χ0v) is 8.73. The molecule has 2 aromatic rings. The van der Waals surface area contributed by atoms with Crippen molar-refractivity contribution in [2.45, 2.75) is 13.0 Å². The molecule has 1 heterocycles. The Morgan fingerprint density at radius 3 is 2.94 bits per heavy atom. The number of aromatic nitrogens is 2. The number of fused-ring (bicyclic) bond motifs is 1. The molecule has 5 heteroatoms. The second-order valence-electron chi connectivity index (χ2n) is 3.47. The maximum atomic E-state index is 11.7. The van der Waals surface area contributed by atoms with Crippen molar-refractivity contribution in [3.05, 3.63) is 40.4 Å². The summed E-state index contributed by atoms with van der Waals surface area (Å²) in [5, 5.41) is 3.09. The molecule has 1 unspecified atom stereocenters. The first-order chi connectivity index (χ1) is 7.72. The van der Waals surface area contributed by atoms with Crippen molar-refractivity contribution in [1.29, 1.82) is 0 Å². The Labute approximate surface area is 91.5 Å². The summed E-state index contributed by atoms with van der Waals surface area (Å²) >= 11 is 0. The second-order valence-corrected chi connectivity index (χ2v) is 3.47. The summed E-state index contributed by atoms with van der Waals surface area (Å²) in [6.07, 6.45) is 0.583. The van der Waals surface area contributed by atoms with Gasteiger partial charge in [-0.25, -0.2) is 4.98 Å². The maximum Gasteiger partial charge on any atom is 0.258 e. The van der Waals surface area contributed by atoms with Crippen LogP contribution in [0.5, 0.6) is 0 Å². The lowest BCUT2D eigenvalue weighted by Gasteiger charge is -2.09. The van der Waals surface area contributed by atoms with Crippen LogP contribution in [-0.4, -0.2) is 16.4 Å². The first kappa shape index (κ1) is 10.4. The van der Waals surface area contributed by atoms with Crippen LogP contribution in [0, 0.1) is 0 Å². The number of carbonyl (C=O) groups is 1. The van der Waals surface area contributed by atoms with E-state index in [4.69, 9.17) is 0 Å². The van der Waals surface area contributed by atoms with E-state index in [0.717, 1.165) is 0 Å². The van der Waals surface area contributed by atoms with Crippen LogP contribution in [0.25, 0.3) is 10.9 Å². The molecule has 0 spiro atoms. The molecule has 82 valence electrons. The number of hydrogen-bond donors (Lipinski definition) is 2. The fourth-order valence-corrected chi connectivity index (χ4v) is 1.49. The van der Waals surface area contributed by atoms with Gasteiger partial charge in [0.15, 0.2) is 0 Å². The van der Waals surface area contributed by atoms with E-state index in [0.29, 0.717) is 23.1 Å². The predicted octanol–water partition coefficient (Wildman–Crippen LogP) is 0.730. The number of nitrogens with zero attached hydrogens (tertiary/aromatic N) is 1. The zero-order chi connectivity index (χ0) is 11.5. The van der Waals surface area contributed by atoms with Crippen LogP contribution in [0.15, 0.2) is 29.1 Å². The Morgan fingerprint density at radius 1 is 1.44 bits per heavy atom. The van der Waals surface area contributed by atoms with E-state index in [-0.39, 0.29) is 11.6 Å². The summed E-state index contributed by atoms with van der Waals surface area (Å²) in [7, 11) is 0. The van der Waals surface area contributed by atoms with Crippen LogP contribution >= 0.6 is 0 Å². The third kappa shape index (κ3) is 1.79. The smallest absolute Gasteiger partial charge is 0.258 e. The molecule has 0 saturated heterocycles. The molecule has 0 aliphatic carbocycles. The van der Waals surface area contributed by atoms with E-state index >= 15 is 0 Å². The van der Waals surface area contributed by atoms with Crippen LogP contribution in [0.1, 0.15) is 18.8 Å². The van der Waals surface area contributed by atoms with Gasteiger partial charge < -0.3 is 10.3 Å². The minimum Gasteiger partial charge on any atom is -0.349 e. The molecule has 1 aromatic heterocycles. The molecule has 16 heavy (non-hydrogen) atoms. The van der Waals surface area contributed by atoms with Crippen LogP contribution in [0.2, 0.25) is 0 Å². The fourth-order valence-electron chi connectivity index (χ4n) is 1.49. The summed E-state index contributed by atoms with van der Waals surface area (Å²) < 4.78 is 0. The highest BCUT2D eigenvalue weighted by Crippen LogP contribution is 2.09. The third-order valence-corrected chi connectivity index (χ3v) is 2.36. The van der Waals surface area contributed by atoms with Crippen LogP contribution in [0.4, 0.5) is 0 Å². The summed E-state index contributed by atoms with van der Waals surface area (Å²) in [6.45, 7) is 1.75. The van der Waals surface area contributed by atoms with E-state index in [9.17, 15) is 9.59 Å². The normalized spacial score (nSPS) is 12.3. The van der Waals surface area contributed by atoms with Gasteiger partial charge in [0.05, 0.1) is 16.9 Å². The Balaban J connectivity index is 2.58. The molecule has 0 radical (unpaired) electrons. The quantitative estimate of drug-likeness (QED) is 0.744. The third-order valence-electron chi connectivity index (χ3n) is 2.36. The Hall–Kier alpha value is -2.17. The molecule has 0 fully saturated rings. The van der Waals surface area contributed by atoms with Crippen molar-refractivity contribution in [2.24, 2.45) is 0 Å². The average Bonchev–Trinajstić information content (AvgIpc) is 2.29. The van der Waals surface area contributed by atoms with Crippen molar-refractivity contribution < 1.29 is 4.79 Å². The van der Waals surface area contributed by atoms with Gasteiger partial charge in [0.25, 0.3) is 5.56 Å². The first-order valence-corrected chi connectivity index (χ1v) is 4.91. The molecule has 2 N–H and O–H groups in total. The molecule has 1 atom stereocenters. The van der Waals surface area contributed by atoms with Gasteiger partial charge in [0, 0.05) is 0 Å². The van der Waals surface area contributed by atoms with Gasteiger partial charge in [-0.05, 0) is 19.1 Å². The molecule has 0 aliphatic rings. The van der Waals surface area contributed by atoms with Crippen molar-refractivity contribution in [1.82, 2.24) is 15.3 Å². The molecule has 2 rings (SSSR count). The molecule has 5 nitrogen and oxygen atoms in total. The van der Waals surface area contributed by atoms with E-state index in [2.05, 4.69) is 15.3 Å². The number of nitrogens with one attached hydrogen (secondary N) is 2. The molecule has 1 aromatic carbocycles. The Bertz CT molecular complexity index is 577. The second kappa shape index (κ2) is 4.14. The molecular weight excluding hydrogens is 206 g/mol. The topological polar surface area (TPSA) is 74.8 Å². The van der Waals surface area contributed by atoms with E-state index in [1.165, 1.54) is 0 Å². The number of benzene rings is 1. The molecular formula is C11H11N3O2. The predicted molar refractivity (Wildman–Crippen MR) is 60.0 cm³/mol. The van der Waals surface area contributed by atoms with Crippen molar-refractivity contribution in [3.8, 4) is 0 Å². The Morgan fingerprint density at radius 2 is 2.19 bits per heavy atom. The lowest BCUT2D eigenvalue weighted by Crippen LogP contribution is -2.22. The van der Waals surface area contributed by atoms with Gasteiger partial charge in [0.2, 0.25) is 6.41 Å². The number of hydrogen-bond acceptors (Lipinski definition) is 3. The zero-order valence-electron chi connectivity index (χ0n) is 8.73. The fraction of sp³-hybridized carbons (Fsp3) is 0.182. The van der Waals surface area contributed by atoms with Crippen molar-refractivity contribution >= 4 is 17.3 Å². The van der Waals surface area contributed by atoms with Crippen molar-refractivity contribution in [2.75, 3.05) is 0 Å². The van der Waals surface area contributed by atoms with E-state index in [1.807, 2.05) is 6.07 Å². The minimum atomic E-state index is -0.310. The maximum absolute atomic E-state index is 11.7. The summed E-state index contributed by atoms with van der Waals surface area (Å²) in [5.74, 6) is 0.454. The van der Waals surface area contributed by atoms with Gasteiger partial charge >= 0.3 is 0 Å². The van der Waals surface area contributed by atoms with Gasteiger partial charge in [0.1, 0.15) is 5.82 Å². The summed E-state index contributed by atoms with van der Waals surface area (Å²) in [4.78, 5) is 28.9. The summed E-state index contributed by atoms with van der Waals surface area (Å²) in [5.41, 5.74) is 0.431. The van der Waals surface area contributed by atoms with Crippen LogP contribution in [-0.2, 0) is 4.79 Å². The minimum absolute atomic E-state index is 0.194. The van der Waals surface area contributed by atoms with E-state index < -0.39 is 0 Å². The number of carbonyl (C=O) groups excluding carboxylic acids is 1. The van der Waals surface area contributed by atoms with E-state index in [1.54, 1.807) is 25.1 Å². The highest BCUT2D eigenvalue weighted by Gasteiger charge is 2.08. The average molecular weight is 217 g/mol. The number of rotatable bonds is 3. The molecule has 0 aliphatic heterocycles. The lowest BCUT2D eigenvalue weighted by atomic mass is 10.2. The first-order valence-electron chi connectivity index (χ1n) is 4.91. The molecule has 0 bridgehead atoms. The number of H-pyrrole nitrogens is 1. The van der Waals surface area contributed by atoms with Gasteiger partial charge in [-0.1, -0.05) is 12.1 Å². The lowest BCUT2D eigenvalue weighted by molar-refractivity contribution is -0.110.